The Morgan fingerprint density at radius 1 is 1.07 bits per heavy atom. The Hall–Kier alpha value is -3.89. The molecule has 0 amide bonds. The SMILES string of the molecule is CCOC(=O)C1=C(C)N=c2s/c(=C\c3ccc(OCc4ccc(Cl)cc4Cl)c(Br)c3)c(=O)n2[C@H]1c1c(OC)ccc2ccccc12. The van der Waals surface area contributed by atoms with Crippen molar-refractivity contribution in [2.24, 2.45) is 4.99 Å². The van der Waals surface area contributed by atoms with Crippen molar-refractivity contribution in [1.29, 1.82) is 0 Å². The summed E-state index contributed by atoms with van der Waals surface area (Å²) in [6, 6.07) is 21.6. The van der Waals surface area contributed by atoms with Gasteiger partial charge in [0.2, 0.25) is 0 Å². The number of fused-ring (bicyclic) bond motifs is 2. The van der Waals surface area contributed by atoms with Crippen LogP contribution < -0.4 is 24.4 Å². The van der Waals surface area contributed by atoms with Gasteiger partial charge in [0.15, 0.2) is 4.80 Å². The monoisotopic (exact) mass is 736 g/mol. The molecule has 0 saturated carbocycles. The number of rotatable bonds is 8. The minimum atomic E-state index is -0.819. The van der Waals surface area contributed by atoms with Gasteiger partial charge in [0.1, 0.15) is 24.1 Å². The van der Waals surface area contributed by atoms with Crippen LogP contribution in [0.25, 0.3) is 16.8 Å². The Morgan fingerprint density at radius 3 is 2.59 bits per heavy atom. The lowest BCUT2D eigenvalue weighted by Crippen LogP contribution is -2.40. The van der Waals surface area contributed by atoms with Crippen LogP contribution in [0.3, 0.4) is 0 Å². The van der Waals surface area contributed by atoms with E-state index in [0.717, 1.165) is 21.9 Å². The molecule has 0 bridgehead atoms. The number of thiazole rings is 1. The number of nitrogens with zero attached hydrogens (tertiary/aromatic N) is 2. The number of hydrogen-bond donors (Lipinski definition) is 0. The molecular formula is C35H27BrCl2N2O5S. The quantitative estimate of drug-likeness (QED) is 0.153. The maximum atomic E-state index is 14.2. The van der Waals surface area contributed by atoms with Crippen LogP contribution in [0.4, 0.5) is 0 Å². The Kier molecular flexibility index (Phi) is 9.38. The van der Waals surface area contributed by atoms with Crippen molar-refractivity contribution in [2.45, 2.75) is 26.5 Å². The molecule has 1 aliphatic heterocycles. The molecular weight excluding hydrogens is 711 g/mol. The first-order valence-electron chi connectivity index (χ1n) is 14.3. The van der Waals surface area contributed by atoms with E-state index >= 15 is 0 Å². The van der Waals surface area contributed by atoms with Crippen molar-refractivity contribution in [2.75, 3.05) is 13.7 Å². The van der Waals surface area contributed by atoms with E-state index in [1.54, 1.807) is 43.7 Å². The molecule has 46 heavy (non-hydrogen) atoms. The molecule has 0 radical (unpaired) electrons. The number of carbonyl (C=O) groups is 1. The van der Waals surface area contributed by atoms with Gasteiger partial charge in [-0.3, -0.25) is 9.36 Å². The van der Waals surface area contributed by atoms with Gasteiger partial charge in [-0.25, -0.2) is 9.79 Å². The van der Waals surface area contributed by atoms with Crippen LogP contribution in [-0.4, -0.2) is 24.3 Å². The minimum Gasteiger partial charge on any atom is -0.496 e. The van der Waals surface area contributed by atoms with Crippen LogP contribution in [-0.2, 0) is 16.1 Å². The van der Waals surface area contributed by atoms with Crippen LogP contribution in [0.15, 0.2) is 98.3 Å². The van der Waals surface area contributed by atoms with Gasteiger partial charge in [-0.15, -0.1) is 0 Å². The summed E-state index contributed by atoms with van der Waals surface area (Å²) >= 11 is 17.2. The van der Waals surface area contributed by atoms with E-state index in [4.69, 9.17) is 42.4 Å². The first-order chi connectivity index (χ1) is 22.2. The molecule has 0 aliphatic carbocycles. The van der Waals surface area contributed by atoms with Gasteiger partial charge in [-0.2, -0.15) is 0 Å². The summed E-state index contributed by atoms with van der Waals surface area (Å²) in [5.41, 5.74) is 2.76. The summed E-state index contributed by atoms with van der Waals surface area (Å²) in [4.78, 5) is 32.9. The highest BCUT2D eigenvalue weighted by molar-refractivity contribution is 9.10. The average molecular weight is 738 g/mol. The van der Waals surface area contributed by atoms with Crippen molar-refractivity contribution < 1.29 is 19.0 Å². The lowest BCUT2D eigenvalue weighted by atomic mass is 9.90. The van der Waals surface area contributed by atoms with Gasteiger partial charge >= 0.3 is 5.97 Å². The molecule has 5 aromatic rings. The Morgan fingerprint density at radius 2 is 1.85 bits per heavy atom. The summed E-state index contributed by atoms with van der Waals surface area (Å²) in [6.07, 6.45) is 1.80. The molecule has 1 aliphatic rings. The summed E-state index contributed by atoms with van der Waals surface area (Å²) < 4.78 is 20.0. The van der Waals surface area contributed by atoms with Gasteiger partial charge in [-0.1, -0.05) is 77.0 Å². The first kappa shape index (κ1) is 32.1. The Balaban J connectivity index is 1.45. The predicted octanol–water partition coefficient (Wildman–Crippen LogP) is 7.61. The van der Waals surface area contributed by atoms with Crippen molar-refractivity contribution >= 4 is 73.3 Å². The number of allylic oxidation sites excluding steroid dienone is 1. The van der Waals surface area contributed by atoms with Crippen molar-refractivity contribution in [3.05, 3.63) is 135 Å². The zero-order valence-electron chi connectivity index (χ0n) is 25.0. The van der Waals surface area contributed by atoms with Crippen LogP contribution >= 0.6 is 50.5 Å². The van der Waals surface area contributed by atoms with Crippen LogP contribution in [0.5, 0.6) is 11.5 Å². The molecule has 4 aromatic carbocycles. The number of hydrogen-bond acceptors (Lipinski definition) is 7. The highest BCUT2D eigenvalue weighted by Gasteiger charge is 2.36. The van der Waals surface area contributed by atoms with Gasteiger partial charge in [-0.05, 0) is 82.5 Å². The molecule has 6 rings (SSSR count). The maximum Gasteiger partial charge on any atom is 0.338 e. The summed E-state index contributed by atoms with van der Waals surface area (Å²) in [7, 11) is 1.58. The van der Waals surface area contributed by atoms with Crippen LogP contribution in [0.1, 0.15) is 36.6 Å². The normalized spacial score (nSPS) is 14.7. The average Bonchev–Trinajstić information content (AvgIpc) is 3.34. The van der Waals surface area contributed by atoms with Gasteiger partial charge in [0.25, 0.3) is 5.56 Å². The standard InChI is InChI=1S/C35H27BrCl2N2O5S/c1-4-44-34(42)30-19(2)39-35-40(32(30)31-24-8-6-5-7-21(24)11-14-28(31)43-3)33(41)29(46-35)16-20-9-13-27(25(36)15-20)45-18-22-10-12-23(37)17-26(22)38/h5-17,32H,4,18H2,1-3H3/b29-16-/t32-/m1/s1. The third kappa shape index (κ3) is 6.12. The lowest BCUT2D eigenvalue weighted by molar-refractivity contribution is -0.139. The molecule has 1 atom stereocenters. The van der Waals surface area contributed by atoms with E-state index in [1.807, 2.05) is 60.7 Å². The number of ether oxygens (including phenoxy) is 3. The second-order valence-electron chi connectivity index (χ2n) is 10.4. The highest BCUT2D eigenvalue weighted by atomic mass is 79.9. The fourth-order valence-corrected chi connectivity index (χ4v) is 7.49. The van der Waals surface area contributed by atoms with E-state index in [-0.39, 0.29) is 18.8 Å². The van der Waals surface area contributed by atoms with Gasteiger partial charge in [0.05, 0.1) is 34.0 Å². The van der Waals surface area contributed by atoms with E-state index in [9.17, 15) is 9.59 Å². The molecule has 0 spiro atoms. The van der Waals surface area contributed by atoms with Crippen LogP contribution in [0.2, 0.25) is 10.0 Å². The number of aromatic nitrogens is 1. The zero-order valence-corrected chi connectivity index (χ0v) is 28.9. The number of methoxy groups -OCH3 is 1. The van der Waals surface area contributed by atoms with E-state index in [2.05, 4.69) is 15.9 Å². The topological polar surface area (TPSA) is 79.1 Å². The Labute approximate surface area is 287 Å². The number of esters is 1. The smallest absolute Gasteiger partial charge is 0.338 e. The molecule has 0 saturated heterocycles. The summed E-state index contributed by atoms with van der Waals surface area (Å²) in [6.45, 7) is 3.95. The fourth-order valence-electron chi connectivity index (χ4n) is 5.47. The van der Waals surface area contributed by atoms with Crippen molar-refractivity contribution in [3.8, 4) is 11.5 Å². The van der Waals surface area contributed by atoms with E-state index in [0.29, 0.717) is 52.2 Å². The summed E-state index contributed by atoms with van der Waals surface area (Å²) in [5.74, 6) is 0.633. The maximum absolute atomic E-state index is 14.2. The lowest BCUT2D eigenvalue weighted by Gasteiger charge is -2.27. The van der Waals surface area contributed by atoms with E-state index in [1.165, 1.54) is 11.3 Å². The molecule has 0 unspecified atom stereocenters. The molecule has 0 fully saturated rings. The molecule has 2 heterocycles. The predicted molar refractivity (Wildman–Crippen MR) is 186 cm³/mol. The molecule has 7 nitrogen and oxygen atoms in total. The first-order valence-corrected chi connectivity index (χ1v) is 16.7. The largest absolute Gasteiger partial charge is 0.496 e. The third-order valence-corrected chi connectivity index (χ3v) is 9.78. The molecule has 0 N–H and O–H groups in total. The highest BCUT2D eigenvalue weighted by Crippen LogP contribution is 2.40. The van der Waals surface area contributed by atoms with Crippen molar-refractivity contribution in [3.63, 3.8) is 0 Å². The fraction of sp³-hybridized carbons (Fsp3) is 0.171. The number of carbonyl (C=O) groups excluding carboxylic acids is 1. The van der Waals surface area contributed by atoms with Crippen LogP contribution in [0, 0.1) is 0 Å². The molecule has 1 aromatic heterocycles. The minimum absolute atomic E-state index is 0.181. The second kappa shape index (κ2) is 13.5. The molecule has 11 heteroatoms. The van der Waals surface area contributed by atoms with E-state index < -0.39 is 12.0 Å². The zero-order chi connectivity index (χ0) is 32.5. The summed E-state index contributed by atoms with van der Waals surface area (Å²) in [5, 5.41) is 2.89. The number of halogens is 3. The van der Waals surface area contributed by atoms with Gasteiger partial charge in [0, 0.05) is 21.2 Å². The van der Waals surface area contributed by atoms with Gasteiger partial charge < -0.3 is 14.2 Å². The number of benzene rings is 4. The van der Waals surface area contributed by atoms with Crippen molar-refractivity contribution in [1.82, 2.24) is 4.57 Å². The second-order valence-corrected chi connectivity index (χ2v) is 13.1. The Bertz CT molecular complexity index is 2230. The third-order valence-electron chi connectivity index (χ3n) is 7.59. The molecule has 234 valence electrons.